The number of rotatable bonds is 6. The van der Waals surface area contributed by atoms with Gasteiger partial charge in [0, 0.05) is 24.2 Å². The van der Waals surface area contributed by atoms with Crippen molar-refractivity contribution in [3.05, 3.63) is 47.0 Å². The van der Waals surface area contributed by atoms with Crippen LogP contribution in [0.3, 0.4) is 0 Å². The molecule has 0 spiro atoms. The summed E-state index contributed by atoms with van der Waals surface area (Å²) < 4.78 is 60.1. The second-order valence-electron chi connectivity index (χ2n) is 6.84. The lowest BCUT2D eigenvalue weighted by atomic mass is 10.2. The molecule has 0 aliphatic carbocycles. The molecule has 0 unspecified atom stereocenters. The van der Waals surface area contributed by atoms with Crippen molar-refractivity contribution in [2.75, 3.05) is 24.9 Å². The van der Waals surface area contributed by atoms with Crippen molar-refractivity contribution in [3.63, 3.8) is 0 Å². The average molecular weight is 459 g/mol. The maximum absolute atomic E-state index is 12.8. The third kappa shape index (κ3) is 4.69. The molecule has 0 atom stereocenters. The van der Waals surface area contributed by atoms with Crippen LogP contribution in [0.15, 0.2) is 46.2 Å². The third-order valence-electron chi connectivity index (χ3n) is 4.81. The third-order valence-corrected chi connectivity index (χ3v) is 8.51. The number of anilines is 1. The van der Waals surface area contributed by atoms with E-state index in [1.807, 2.05) is 0 Å². The molecule has 0 radical (unpaired) electrons. The standard InChI is InChI=1S/C19H23ClN2O5S2/c1-14-12-18(19(27-2)13-17(14)20)21-28(23,24)15-6-8-16(9-7-15)29(25,26)22-10-4-3-5-11-22/h6-9,12-13,21H,3-5,10-11H2,1-2H3. The van der Waals surface area contributed by atoms with E-state index in [1.54, 1.807) is 13.0 Å². The molecule has 0 aromatic heterocycles. The van der Waals surface area contributed by atoms with E-state index in [4.69, 9.17) is 16.3 Å². The molecule has 1 aliphatic heterocycles. The van der Waals surface area contributed by atoms with Gasteiger partial charge < -0.3 is 4.74 Å². The van der Waals surface area contributed by atoms with Crippen LogP contribution in [-0.2, 0) is 20.0 Å². The minimum absolute atomic E-state index is 0.0512. The number of ether oxygens (including phenoxy) is 1. The lowest BCUT2D eigenvalue weighted by Crippen LogP contribution is -2.35. The second-order valence-corrected chi connectivity index (χ2v) is 10.9. The highest BCUT2D eigenvalue weighted by Gasteiger charge is 2.26. The molecular weight excluding hydrogens is 436 g/mol. The minimum Gasteiger partial charge on any atom is -0.495 e. The van der Waals surface area contributed by atoms with Gasteiger partial charge in [-0.1, -0.05) is 18.0 Å². The number of piperidine rings is 1. The Balaban J connectivity index is 1.86. The number of hydrogen-bond acceptors (Lipinski definition) is 5. The number of nitrogens with one attached hydrogen (secondary N) is 1. The molecule has 0 bridgehead atoms. The Morgan fingerprint density at radius 2 is 1.55 bits per heavy atom. The lowest BCUT2D eigenvalue weighted by molar-refractivity contribution is 0.346. The highest BCUT2D eigenvalue weighted by Crippen LogP contribution is 2.32. The molecule has 7 nitrogen and oxygen atoms in total. The fourth-order valence-electron chi connectivity index (χ4n) is 3.16. The quantitative estimate of drug-likeness (QED) is 0.713. The van der Waals surface area contributed by atoms with Gasteiger partial charge in [-0.25, -0.2) is 16.8 Å². The fourth-order valence-corrected chi connectivity index (χ4v) is 5.89. The number of aryl methyl sites for hydroxylation is 1. The summed E-state index contributed by atoms with van der Waals surface area (Å²) in [6, 6.07) is 8.32. The van der Waals surface area contributed by atoms with Crippen LogP contribution in [0.25, 0.3) is 0 Å². The van der Waals surface area contributed by atoms with Crippen LogP contribution in [0.1, 0.15) is 24.8 Å². The van der Waals surface area contributed by atoms with Crippen molar-refractivity contribution < 1.29 is 21.6 Å². The molecule has 1 N–H and O–H groups in total. The van der Waals surface area contributed by atoms with Crippen LogP contribution in [-0.4, -0.2) is 41.3 Å². The fraction of sp³-hybridized carbons (Fsp3) is 0.368. The van der Waals surface area contributed by atoms with Crippen molar-refractivity contribution in [1.29, 1.82) is 0 Å². The predicted molar refractivity (Wildman–Crippen MR) is 113 cm³/mol. The molecule has 3 rings (SSSR count). The van der Waals surface area contributed by atoms with Gasteiger partial charge in [0.2, 0.25) is 10.0 Å². The van der Waals surface area contributed by atoms with Gasteiger partial charge in [0.15, 0.2) is 0 Å². The highest BCUT2D eigenvalue weighted by molar-refractivity contribution is 7.92. The van der Waals surface area contributed by atoms with Crippen LogP contribution < -0.4 is 9.46 Å². The number of nitrogens with zero attached hydrogens (tertiary/aromatic N) is 1. The van der Waals surface area contributed by atoms with E-state index in [1.165, 1.54) is 41.7 Å². The van der Waals surface area contributed by atoms with E-state index in [0.29, 0.717) is 23.7 Å². The molecule has 1 heterocycles. The van der Waals surface area contributed by atoms with E-state index in [-0.39, 0.29) is 21.2 Å². The Morgan fingerprint density at radius 1 is 0.966 bits per heavy atom. The summed E-state index contributed by atoms with van der Waals surface area (Å²) in [6.07, 6.45) is 2.68. The molecule has 0 amide bonds. The first-order valence-corrected chi connectivity index (χ1v) is 12.4. The number of halogens is 1. The van der Waals surface area contributed by atoms with Crippen molar-refractivity contribution >= 4 is 37.3 Å². The van der Waals surface area contributed by atoms with Crippen LogP contribution in [0, 0.1) is 6.92 Å². The Morgan fingerprint density at radius 3 is 2.14 bits per heavy atom. The lowest BCUT2D eigenvalue weighted by Gasteiger charge is -2.25. The number of sulfonamides is 2. The molecule has 29 heavy (non-hydrogen) atoms. The first kappa shape index (κ1) is 21.9. The van der Waals surface area contributed by atoms with Crippen molar-refractivity contribution in [3.8, 4) is 5.75 Å². The minimum atomic E-state index is -3.94. The first-order chi connectivity index (χ1) is 13.6. The monoisotopic (exact) mass is 458 g/mol. The Bertz CT molecular complexity index is 1090. The largest absolute Gasteiger partial charge is 0.495 e. The van der Waals surface area contributed by atoms with Crippen molar-refractivity contribution in [2.24, 2.45) is 0 Å². The highest BCUT2D eigenvalue weighted by atomic mass is 35.5. The van der Waals surface area contributed by atoms with Gasteiger partial charge in [-0.3, -0.25) is 4.72 Å². The zero-order chi connectivity index (χ0) is 21.2. The molecule has 158 valence electrons. The molecule has 10 heteroatoms. The molecular formula is C19H23ClN2O5S2. The van der Waals surface area contributed by atoms with Crippen LogP contribution >= 0.6 is 11.6 Å². The maximum atomic E-state index is 12.8. The summed E-state index contributed by atoms with van der Waals surface area (Å²) >= 11 is 6.06. The second kappa shape index (κ2) is 8.51. The summed E-state index contributed by atoms with van der Waals surface area (Å²) in [7, 11) is -6.15. The molecule has 2 aromatic rings. The Kier molecular flexibility index (Phi) is 6.42. The average Bonchev–Trinajstić information content (AvgIpc) is 2.71. The Labute approximate surface area is 176 Å². The number of methoxy groups -OCH3 is 1. The number of benzene rings is 2. The van der Waals surface area contributed by atoms with Crippen LogP contribution in [0.4, 0.5) is 5.69 Å². The van der Waals surface area contributed by atoms with Gasteiger partial charge in [-0.05, 0) is 55.7 Å². The summed E-state index contributed by atoms with van der Waals surface area (Å²) in [5.74, 6) is 0.286. The topological polar surface area (TPSA) is 92.8 Å². The molecule has 1 aliphatic rings. The Hall–Kier alpha value is -1.81. The van der Waals surface area contributed by atoms with Crippen LogP contribution in [0.2, 0.25) is 5.02 Å². The van der Waals surface area contributed by atoms with E-state index in [2.05, 4.69) is 4.72 Å². The van der Waals surface area contributed by atoms with Crippen molar-refractivity contribution in [1.82, 2.24) is 4.31 Å². The summed E-state index contributed by atoms with van der Waals surface area (Å²) in [6.45, 7) is 2.72. The van der Waals surface area contributed by atoms with Gasteiger partial charge >= 0.3 is 0 Å². The van der Waals surface area contributed by atoms with Crippen molar-refractivity contribution in [2.45, 2.75) is 36.0 Å². The molecule has 2 aromatic carbocycles. The van der Waals surface area contributed by atoms with Gasteiger partial charge in [0.1, 0.15) is 5.75 Å². The van der Waals surface area contributed by atoms with Gasteiger partial charge in [0.05, 0.1) is 22.6 Å². The van der Waals surface area contributed by atoms with E-state index in [0.717, 1.165) is 19.3 Å². The zero-order valence-electron chi connectivity index (χ0n) is 16.2. The van der Waals surface area contributed by atoms with E-state index >= 15 is 0 Å². The SMILES string of the molecule is COc1cc(Cl)c(C)cc1NS(=O)(=O)c1ccc(S(=O)(=O)N2CCCCC2)cc1. The molecule has 1 fully saturated rings. The van der Waals surface area contributed by atoms with Gasteiger partial charge in [-0.15, -0.1) is 0 Å². The normalized spacial score (nSPS) is 15.8. The zero-order valence-corrected chi connectivity index (χ0v) is 18.6. The first-order valence-electron chi connectivity index (χ1n) is 9.12. The van der Waals surface area contributed by atoms with Crippen LogP contribution in [0.5, 0.6) is 5.75 Å². The summed E-state index contributed by atoms with van der Waals surface area (Å²) in [5.41, 5.74) is 0.938. The van der Waals surface area contributed by atoms with Gasteiger partial charge in [-0.2, -0.15) is 4.31 Å². The smallest absolute Gasteiger partial charge is 0.262 e. The summed E-state index contributed by atoms with van der Waals surface area (Å²) in [5, 5.41) is 0.456. The maximum Gasteiger partial charge on any atom is 0.262 e. The number of hydrogen-bond donors (Lipinski definition) is 1. The van der Waals surface area contributed by atoms with E-state index in [9.17, 15) is 16.8 Å². The molecule has 0 saturated carbocycles. The molecule has 1 saturated heterocycles. The summed E-state index contributed by atoms with van der Waals surface area (Å²) in [4.78, 5) is 0.0306. The predicted octanol–water partition coefficient (Wildman–Crippen LogP) is 3.63. The van der Waals surface area contributed by atoms with Gasteiger partial charge in [0.25, 0.3) is 10.0 Å². The van der Waals surface area contributed by atoms with E-state index < -0.39 is 20.0 Å².